The first-order valence-corrected chi connectivity index (χ1v) is 7.49. The Morgan fingerprint density at radius 1 is 1.29 bits per heavy atom. The summed E-state index contributed by atoms with van der Waals surface area (Å²) in [5.41, 5.74) is 1.83. The van der Waals surface area contributed by atoms with Crippen molar-refractivity contribution in [2.75, 3.05) is 6.61 Å². The number of aromatic nitrogens is 2. The molecule has 0 saturated heterocycles. The molecule has 4 heteroatoms. The lowest BCUT2D eigenvalue weighted by Crippen LogP contribution is -2.49. The topological polar surface area (TPSA) is 50.1 Å². The normalized spacial score (nSPS) is 14.3. The van der Waals surface area contributed by atoms with Gasteiger partial charge in [-0.1, -0.05) is 30.3 Å². The summed E-state index contributed by atoms with van der Waals surface area (Å²) in [4.78, 5) is 0. The molecule has 0 aliphatic heterocycles. The summed E-state index contributed by atoms with van der Waals surface area (Å²) < 4.78 is 1.94. The summed E-state index contributed by atoms with van der Waals surface area (Å²) in [6.45, 7) is 7.07. The van der Waals surface area contributed by atoms with Crippen LogP contribution in [0.2, 0.25) is 0 Å². The van der Waals surface area contributed by atoms with Crippen molar-refractivity contribution in [2.24, 2.45) is 0 Å². The van der Waals surface area contributed by atoms with Crippen molar-refractivity contribution in [1.82, 2.24) is 15.1 Å². The summed E-state index contributed by atoms with van der Waals surface area (Å²) in [5, 5.41) is 17.9. The van der Waals surface area contributed by atoms with Crippen molar-refractivity contribution in [1.29, 1.82) is 0 Å². The van der Waals surface area contributed by atoms with Crippen LogP contribution < -0.4 is 5.32 Å². The molecule has 1 aromatic heterocycles. The number of nitrogens with one attached hydrogen (secondary N) is 1. The van der Waals surface area contributed by atoms with Crippen molar-refractivity contribution in [3.63, 3.8) is 0 Å². The molecule has 0 spiro atoms. The highest BCUT2D eigenvalue weighted by molar-refractivity contribution is 5.25. The largest absolute Gasteiger partial charge is 0.394 e. The molecule has 0 bridgehead atoms. The second-order valence-electron chi connectivity index (χ2n) is 5.94. The van der Waals surface area contributed by atoms with Gasteiger partial charge in [0.1, 0.15) is 0 Å². The van der Waals surface area contributed by atoms with Gasteiger partial charge in [-0.3, -0.25) is 4.68 Å². The van der Waals surface area contributed by atoms with E-state index in [1.165, 1.54) is 0 Å². The monoisotopic (exact) mass is 287 g/mol. The van der Waals surface area contributed by atoms with Gasteiger partial charge in [-0.2, -0.15) is 5.10 Å². The summed E-state index contributed by atoms with van der Waals surface area (Å²) in [6, 6.07) is 10.5. The van der Waals surface area contributed by atoms with Gasteiger partial charge < -0.3 is 10.4 Å². The zero-order valence-corrected chi connectivity index (χ0v) is 13.1. The van der Waals surface area contributed by atoms with Crippen LogP contribution in [-0.2, 0) is 12.1 Å². The Balaban J connectivity index is 2.22. The van der Waals surface area contributed by atoms with Crippen LogP contribution >= 0.6 is 0 Å². The van der Waals surface area contributed by atoms with Crippen molar-refractivity contribution in [2.45, 2.75) is 45.3 Å². The van der Waals surface area contributed by atoms with E-state index in [1.54, 1.807) is 0 Å². The van der Waals surface area contributed by atoms with Gasteiger partial charge >= 0.3 is 0 Å². The lowest BCUT2D eigenvalue weighted by atomic mass is 9.86. The van der Waals surface area contributed by atoms with Gasteiger partial charge in [-0.15, -0.1) is 0 Å². The Kier molecular flexibility index (Phi) is 5.15. The van der Waals surface area contributed by atoms with Crippen LogP contribution in [0.15, 0.2) is 42.7 Å². The van der Waals surface area contributed by atoms with E-state index in [4.69, 9.17) is 0 Å². The molecular formula is C17H25N3O. The Morgan fingerprint density at radius 2 is 2.00 bits per heavy atom. The highest BCUT2D eigenvalue weighted by Gasteiger charge is 2.31. The van der Waals surface area contributed by atoms with Gasteiger partial charge in [0.2, 0.25) is 0 Å². The highest BCUT2D eigenvalue weighted by Crippen LogP contribution is 2.26. The zero-order valence-electron chi connectivity index (χ0n) is 13.1. The number of aliphatic hydroxyl groups is 1. The zero-order chi connectivity index (χ0) is 15.3. The number of aliphatic hydroxyl groups excluding tert-OH is 1. The minimum Gasteiger partial charge on any atom is -0.394 e. The third kappa shape index (κ3) is 3.93. The summed E-state index contributed by atoms with van der Waals surface area (Å²) in [6.07, 6.45) is 4.67. The van der Waals surface area contributed by atoms with Crippen molar-refractivity contribution < 1.29 is 5.11 Å². The third-order valence-corrected chi connectivity index (χ3v) is 3.69. The van der Waals surface area contributed by atoms with E-state index in [-0.39, 0.29) is 12.6 Å². The molecule has 1 unspecified atom stereocenters. The Bertz CT molecular complexity index is 550. The van der Waals surface area contributed by atoms with Crippen LogP contribution in [0.4, 0.5) is 0 Å². The minimum absolute atomic E-state index is 0.0649. The standard InChI is InChI=1S/C17H25N3O/c1-14(2)19-17(13-21,16-7-5-4-6-8-16)9-10-20-12-15(3)11-18-20/h4-8,11-12,14,19,21H,9-10,13H2,1-3H3. The van der Waals surface area contributed by atoms with Gasteiger partial charge in [0.05, 0.1) is 18.3 Å². The number of rotatable bonds is 7. The van der Waals surface area contributed by atoms with Crippen LogP contribution in [-0.4, -0.2) is 27.5 Å². The molecule has 2 N–H and O–H groups in total. The Morgan fingerprint density at radius 3 is 2.52 bits per heavy atom. The fourth-order valence-electron chi connectivity index (χ4n) is 2.72. The molecular weight excluding hydrogens is 262 g/mol. The molecule has 2 aromatic rings. The van der Waals surface area contributed by atoms with E-state index in [0.717, 1.165) is 24.1 Å². The molecule has 114 valence electrons. The predicted octanol–water partition coefficient (Wildman–Crippen LogP) is 2.47. The second-order valence-corrected chi connectivity index (χ2v) is 5.94. The first-order valence-electron chi connectivity index (χ1n) is 7.49. The van der Waals surface area contributed by atoms with Crippen molar-refractivity contribution >= 4 is 0 Å². The molecule has 0 fully saturated rings. The number of nitrogens with zero attached hydrogens (tertiary/aromatic N) is 2. The maximum absolute atomic E-state index is 10.1. The molecule has 21 heavy (non-hydrogen) atoms. The number of aryl methyl sites for hydroxylation is 2. The average molecular weight is 287 g/mol. The molecule has 0 aliphatic carbocycles. The fraction of sp³-hybridized carbons (Fsp3) is 0.471. The molecule has 0 radical (unpaired) electrons. The van der Waals surface area contributed by atoms with Gasteiger partial charge in [0.15, 0.2) is 0 Å². The third-order valence-electron chi connectivity index (χ3n) is 3.69. The molecule has 1 heterocycles. The number of benzene rings is 1. The van der Waals surface area contributed by atoms with Crippen LogP contribution in [0, 0.1) is 6.92 Å². The van der Waals surface area contributed by atoms with E-state index in [9.17, 15) is 5.11 Å². The average Bonchev–Trinajstić information content (AvgIpc) is 2.90. The lowest BCUT2D eigenvalue weighted by molar-refractivity contribution is 0.135. The molecule has 0 amide bonds. The maximum atomic E-state index is 10.1. The van der Waals surface area contributed by atoms with Crippen LogP contribution in [0.3, 0.4) is 0 Å². The van der Waals surface area contributed by atoms with Crippen LogP contribution in [0.5, 0.6) is 0 Å². The molecule has 2 rings (SSSR count). The highest BCUT2D eigenvalue weighted by atomic mass is 16.3. The summed E-state index contributed by atoms with van der Waals surface area (Å²) in [5.74, 6) is 0. The van der Waals surface area contributed by atoms with E-state index >= 15 is 0 Å². The fourth-order valence-corrected chi connectivity index (χ4v) is 2.72. The second kappa shape index (κ2) is 6.87. The van der Waals surface area contributed by atoms with Gasteiger partial charge in [0, 0.05) is 18.8 Å². The Hall–Kier alpha value is -1.65. The molecule has 1 aromatic carbocycles. The summed E-state index contributed by atoms with van der Waals surface area (Å²) >= 11 is 0. The van der Waals surface area contributed by atoms with Gasteiger partial charge in [-0.05, 0) is 38.3 Å². The molecule has 0 saturated carbocycles. The van der Waals surface area contributed by atoms with Crippen molar-refractivity contribution in [3.8, 4) is 0 Å². The molecule has 1 atom stereocenters. The number of hydrogen-bond acceptors (Lipinski definition) is 3. The van der Waals surface area contributed by atoms with Crippen LogP contribution in [0.1, 0.15) is 31.4 Å². The first kappa shape index (κ1) is 15.7. The van der Waals surface area contributed by atoms with E-state index in [0.29, 0.717) is 0 Å². The Labute approximate surface area is 126 Å². The maximum Gasteiger partial charge on any atom is 0.0688 e. The first-order chi connectivity index (χ1) is 10.1. The van der Waals surface area contributed by atoms with E-state index in [2.05, 4.69) is 36.4 Å². The molecule has 4 nitrogen and oxygen atoms in total. The summed E-state index contributed by atoms with van der Waals surface area (Å²) in [7, 11) is 0. The van der Waals surface area contributed by atoms with Gasteiger partial charge in [0.25, 0.3) is 0 Å². The lowest BCUT2D eigenvalue weighted by Gasteiger charge is -2.36. The predicted molar refractivity (Wildman–Crippen MR) is 85.1 cm³/mol. The van der Waals surface area contributed by atoms with Crippen molar-refractivity contribution in [3.05, 3.63) is 53.9 Å². The van der Waals surface area contributed by atoms with E-state index in [1.807, 2.05) is 42.2 Å². The smallest absolute Gasteiger partial charge is 0.0688 e. The molecule has 0 aliphatic rings. The quantitative estimate of drug-likeness (QED) is 0.822. The van der Waals surface area contributed by atoms with Gasteiger partial charge in [-0.25, -0.2) is 0 Å². The SMILES string of the molecule is Cc1cnn(CCC(CO)(NC(C)C)c2ccccc2)c1. The minimum atomic E-state index is -0.435. The van der Waals surface area contributed by atoms with Crippen LogP contribution in [0.25, 0.3) is 0 Å². The number of hydrogen-bond donors (Lipinski definition) is 2. The van der Waals surface area contributed by atoms with E-state index < -0.39 is 5.54 Å².